The van der Waals surface area contributed by atoms with Crippen LogP contribution in [0.4, 0.5) is 0 Å². The largest absolute Gasteiger partial charge is 0.496 e. The van der Waals surface area contributed by atoms with Crippen molar-refractivity contribution in [1.29, 1.82) is 0 Å². The standard InChI is InChI=1S/C24H26N4O4/c1-14(2)27-12-15-7-19(16-10-25-26(11-16)17-5-4-6-17)23(32-3)8-18(15)21-9-22(29)20(24(30)31)13-28(21)27/h7-11,13-14,17H,4-6,12H2,1-3H3,(H,30,31). The van der Waals surface area contributed by atoms with Crippen molar-refractivity contribution >= 4 is 5.97 Å². The SMILES string of the molecule is COc1cc2c(cc1-c1cnn(C3CCC3)c1)CN(C(C)C)n1cc(C(=O)O)c(=O)cc1-2. The first kappa shape index (κ1) is 20.4. The van der Waals surface area contributed by atoms with Gasteiger partial charge in [-0.1, -0.05) is 0 Å². The summed E-state index contributed by atoms with van der Waals surface area (Å²) in [6.07, 6.45) is 8.95. The Morgan fingerprint density at radius 2 is 1.97 bits per heavy atom. The van der Waals surface area contributed by atoms with Crippen molar-refractivity contribution in [3.05, 3.63) is 58.1 Å². The number of aromatic carboxylic acids is 1. The number of carboxylic acids is 1. The average Bonchev–Trinajstić information content (AvgIpc) is 3.19. The topological polar surface area (TPSA) is 89.6 Å². The number of hydrogen-bond donors (Lipinski definition) is 1. The molecule has 1 fully saturated rings. The van der Waals surface area contributed by atoms with Gasteiger partial charge in [-0.2, -0.15) is 5.10 Å². The molecule has 0 saturated heterocycles. The summed E-state index contributed by atoms with van der Waals surface area (Å²) < 4.78 is 9.55. The third-order valence-corrected chi connectivity index (χ3v) is 6.53. The summed E-state index contributed by atoms with van der Waals surface area (Å²) in [7, 11) is 1.63. The number of carbonyl (C=O) groups is 1. The molecule has 1 aliphatic heterocycles. The Morgan fingerprint density at radius 1 is 1.19 bits per heavy atom. The number of benzene rings is 1. The van der Waals surface area contributed by atoms with Crippen LogP contribution in [0.1, 0.15) is 55.1 Å². The molecule has 1 aliphatic carbocycles. The van der Waals surface area contributed by atoms with E-state index in [1.807, 2.05) is 30.8 Å². The summed E-state index contributed by atoms with van der Waals surface area (Å²) in [6, 6.07) is 6.02. The van der Waals surface area contributed by atoms with E-state index in [0.717, 1.165) is 35.1 Å². The minimum absolute atomic E-state index is 0.0953. The molecular weight excluding hydrogens is 408 g/mol. The van der Waals surface area contributed by atoms with Gasteiger partial charge in [-0.15, -0.1) is 0 Å². The second kappa shape index (κ2) is 7.55. The maximum Gasteiger partial charge on any atom is 0.341 e. The van der Waals surface area contributed by atoms with E-state index in [-0.39, 0.29) is 11.6 Å². The lowest BCUT2D eigenvalue weighted by Crippen LogP contribution is -2.44. The van der Waals surface area contributed by atoms with Crippen LogP contribution in [-0.2, 0) is 6.54 Å². The number of methoxy groups -OCH3 is 1. The first-order valence-corrected chi connectivity index (χ1v) is 10.9. The van der Waals surface area contributed by atoms with E-state index in [4.69, 9.17) is 4.74 Å². The number of ether oxygens (including phenoxy) is 1. The molecule has 1 saturated carbocycles. The lowest BCUT2D eigenvalue weighted by molar-refractivity contribution is 0.0694. The van der Waals surface area contributed by atoms with Crippen LogP contribution in [0.25, 0.3) is 22.4 Å². The van der Waals surface area contributed by atoms with E-state index in [2.05, 4.69) is 22.4 Å². The van der Waals surface area contributed by atoms with Gasteiger partial charge in [-0.25, -0.2) is 4.79 Å². The predicted molar refractivity (Wildman–Crippen MR) is 121 cm³/mol. The fraction of sp³-hybridized carbons (Fsp3) is 0.375. The van der Waals surface area contributed by atoms with Crippen LogP contribution < -0.4 is 15.2 Å². The molecule has 1 N–H and O–H groups in total. The summed E-state index contributed by atoms with van der Waals surface area (Å²) in [6.45, 7) is 4.66. The number of rotatable bonds is 5. The maximum atomic E-state index is 12.5. The highest BCUT2D eigenvalue weighted by molar-refractivity contribution is 5.88. The number of fused-ring (bicyclic) bond motifs is 3. The van der Waals surface area contributed by atoms with E-state index in [1.54, 1.807) is 11.8 Å². The number of hydrogen-bond acceptors (Lipinski definition) is 5. The molecule has 2 aromatic heterocycles. The highest BCUT2D eigenvalue weighted by Crippen LogP contribution is 2.40. The summed E-state index contributed by atoms with van der Waals surface area (Å²) in [4.78, 5) is 24.1. The molecular formula is C24H26N4O4. The van der Waals surface area contributed by atoms with Crippen molar-refractivity contribution in [2.75, 3.05) is 12.1 Å². The highest BCUT2D eigenvalue weighted by atomic mass is 16.5. The minimum Gasteiger partial charge on any atom is -0.496 e. The molecule has 166 valence electrons. The third-order valence-electron chi connectivity index (χ3n) is 6.53. The monoisotopic (exact) mass is 434 g/mol. The van der Waals surface area contributed by atoms with Gasteiger partial charge in [0.2, 0.25) is 0 Å². The van der Waals surface area contributed by atoms with Gasteiger partial charge in [0.25, 0.3) is 0 Å². The molecule has 1 aromatic carbocycles. The van der Waals surface area contributed by atoms with Crippen molar-refractivity contribution < 1.29 is 14.6 Å². The van der Waals surface area contributed by atoms with Crippen LogP contribution in [0, 0.1) is 0 Å². The van der Waals surface area contributed by atoms with Gasteiger partial charge in [-0.3, -0.25) is 14.2 Å². The van der Waals surface area contributed by atoms with Crippen LogP contribution in [0.2, 0.25) is 0 Å². The van der Waals surface area contributed by atoms with Crippen molar-refractivity contribution in [2.45, 2.75) is 51.7 Å². The first-order chi connectivity index (χ1) is 15.4. The molecule has 8 nitrogen and oxygen atoms in total. The lowest BCUT2D eigenvalue weighted by atomic mass is 9.93. The van der Waals surface area contributed by atoms with Crippen molar-refractivity contribution in [2.24, 2.45) is 0 Å². The Hall–Kier alpha value is -3.55. The van der Waals surface area contributed by atoms with Gasteiger partial charge in [0.15, 0.2) is 5.43 Å². The van der Waals surface area contributed by atoms with E-state index < -0.39 is 11.4 Å². The van der Waals surface area contributed by atoms with E-state index >= 15 is 0 Å². The quantitative estimate of drug-likeness (QED) is 0.659. The summed E-state index contributed by atoms with van der Waals surface area (Å²) in [5.74, 6) is -0.535. The van der Waals surface area contributed by atoms with Gasteiger partial charge in [0.1, 0.15) is 11.3 Å². The number of nitrogens with zero attached hydrogens (tertiary/aromatic N) is 4. The number of aromatic nitrogens is 3. The molecule has 0 bridgehead atoms. The lowest BCUT2D eigenvalue weighted by Gasteiger charge is -2.38. The van der Waals surface area contributed by atoms with Crippen molar-refractivity contribution in [3.8, 4) is 28.1 Å². The van der Waals surface area contributed by atoms with Crippen LogP contribution in [0.5, 0.6) is 5.75 Å². The van der Waals surface area contributed by atoms with Gasteiger partial charge in [0.05, 0.1) is 31.6 Å². The van der Waals surface area contributed by atoms with Gasteiger partial charge in [-0.05, 0) is 50.8 Å². The molecule has 8 heteroatoms. The van der Waals surface area contributed by atoms with E-state index in [9.17, 15) is 14.7 Å². The molecule has 5 rings (SSSR count). The highest BCUT2D eigenvalue weighted by Gasteiger charge is 2.28. The third kappa shape index (κ3) is 3.18. The molecule has 0 spiro atoms. The Morgan fingerprint density at radius 3 is 2.59 bits per heavy atom. The molecule has 32 heavy (non-hydrogen) atoms. The Labute approximate surface area is 185 Å². The predicted octanol–water partition coefficient (Wildman–Crippen LogP) is 3.67. The zero-order chi connectivity index (χ0) is 22.6. The van der Waals surface area contributed by atoms with E-state index in [0.29, 0.717) is 24.0 Å². The molecule has 0 atom stereocenters. The normalized spacial score (nSPS) is 15.3. The van der Waals surface area contributed by atoms with Gasteiger partial charge >= 0.3 is 5.97 Å². The fourth-order valence-electron chi connectivity index (χ4n) is 4.50. The summed E-state index contributed by atoms with van der Waals surface area (Å²) in [5, 5.41) is 16.1. The fourth-order valence-corrected chi connectivity index (χ4v) is 4.50. The summed E-state index contributed by atoms with van der Waals surface area (Å²) in [5.41, 5.74) is 3.77. The zero-order valence-corrected chi connectivity index (χ0v) is 18.4. The van der Waals surface area contributed by atoms with Crippen LogP contribution in [-0.4, -0.2) is 38.7 Å². The van der Waals surface area contributed by atoms with Crippen LogP contribution in [0.3, 0.4) is 0 Å². The van der Waals surface area contributed by atoms with Gasteiger partial charge < -0.3 is 14.9 Å². The molecule has 0 amide bonds. The number of carboxylic acid groups (broad SMARTS) is 1. The minimum atomic E-state index is -1.23. The van der Waals surface area contributed by atoms with Crippen LogP contribution >= 0.6 is 0 Å². The number of pyridine rings is 1. The molecule has 3 heterocycles. The molecule has 0 unspecified atom stereocenters. The Bertz CT molecular complexity index is 1270. The average molecular weight is 434 g/mol. The second-order valence-corrected chi connectivity index (χ2v) is 8.78. The van der Waals surface area contributed by atoms with E-state index in [1.165, 1.54) is 18.7 Å². The van der Waals surface area contributed by atoms with Crippen molar-refractivity contribution in [1.82, 2.24) is 14.5 Å². The molecule has 2 aliphatic rings. The maximum absolute atomic E-state index is 12.5. The zero-order valence-electron chi connectivity index (χ0n) is 18.4. The van der Waals surface area contributed by atoms with Crippen LogP contribution in [0.15, 0.2) is 41.6 Å². The molecule has 3 aromatic rings. The Balaban J connectivity index is 1.67. The second-order valence-electron chi connectivity index (χ2n) is 8.78. The van der Waals surface area contributed by atoms with Gasteiger partial charge in [0, 0.05) is 41.2 Å². The molecule has 0 radical (unpaired) electrons. The smallest absolute Gasteiger partial charge is 0.341 e. The summed E-state index contributed by atoms with van der Waals surface area (Å²) >= 11 is 0. The van der Waals surface area contributed by atoms with Crippen molar-refractivity contribution in [3.63, 3.8) is 0 Å². The Kier molecular flexibility index (Phi) is 4.80. The first-order valence-electron chi connectivity index (χ1n) is 10.9.